The topological polar surface area (TPSA) is 60.0 Å². The molecule has 0 bridgehead atoms. The highest BCUT2D eigenvalue weighted by atomic mass is 16.5. The van der Waals surface area contributed by atoms with Crippen molar-refractivity contribution in [3.63, 3.8) is 0 Å². The summed E-state index contributed by atoms with van der Waals surface area (Å²) < 4.78 is 15.8. The number of methoxy groups -OCH3 is 2. The van der Waals surface area contributed by atoms with Crippen LogP contribution in [-0.2, 0) is 19.0 Å². The molecule has 118 valence electrons. The van der Waals surface area contributed by atoms with Crippen molar-refractivity contribution in [1.82, 2.24) is 10.2 Å². The van der Waals surface area contributed by atoms with Crippen molar-refractivity contribution in [1.29, 1.82) is 0 Å². The lowest BCUT2D eigenvalue weighted by Gasteiger charge is -2.25. The van der Waals surface area contributed by atoms with Crippen LogP contribution in [0.1, 0.15) is 19.3 Å². The first-order chi connectivity index (χ1) is 9.77. The van der Waals surface area contributed by atoms with E-state index < -0.39 is 0 Å². The number of nitrogens with zero attached hydrogens (tertiary/aromatic N) is 1. The van der Waals surface area contributed by atoms with Crippen molar-refractivity contribution in [2.45, 2.75) is 25.4 Å². The number of carbonyl (C=O) groups excluding carboxylic acids is 1. The lowest BCUT2D eigenvalue weighted by atomic mass is 10.1. The standard InChI is InChI=1S/C14H28N2O4/c1-18-11-8-16(9-12-19-2)14(17)5-10-20-13-3-6-15-7-4-13/h13,15H,3-12H2,1-2H3. The first-order valence-corrected chi connectivity index (χ1v) is 7.36. The Morgan fingerprint density at radius 2 is 1.70 bits per heavy atom. The zero-order chi connectivity index (χ0) is 14.6. The zero-order valence-corrected chi connectivity index (χ0v) is 12.7. The van der Waals surface area contributed by atoms with Gasteiger partial charge in [-0.1, -0.05) is 0 Å². The van der Waals surface area contributed by atoms with E-state index in [9.17, 15) is 4.79 Å². The molecule has 0 radical (unpaired) electrons. The number of hydrogen-bond acceptors (Lipinski definition) is 5. The molecule has 6 heteroatoms. The highest BCUT2D eigenvalue weighted by Crippen LogP contribution is 2.08. The van der Waals surface area contributed by atoms with Crippen LogP contribution in [0.15, 0.2) is 0 Å². The van der Waals surface area contributed by atoms with E-state index in [2.05, 4.69) is 5.32 Å². The Hall–Kier alpha value is -0.690. The van der Waals surface area contributed by atoms with Gasteiger partial charge in [-0.3, -0.25) is 4.79 Å². The molecule has 0 atom stereocenters. The first-order valence-electron chi connectivity index (χ1n) is 7.36. The summed E-state index contributed by atoms with van der Waals surface area (Å²) in [4.78, 5) is 13.9. The predicted octanol–water partition coefficient (Wildman–Crippen LogP) is 0.267. The van der Waals surface area contributed by atoms with Crippen molar-refractivity contribution < 1.29 is 19.0 Å². The molecule has 1 amide bonds. The Balaban J connectivity index is 2.21. The second-order valence-electron chi connectivity index (χ2n) is 4.94. The Morgan fingerprint density at radius 1 is 1.10 bits per heavy atom. The Bertz CT molecular complexity index is 250. The van der Waals surface area contributed by atoms with Crippen LogP contribution >= 0.6 is 0 Å². The van der Waals surface area contributed by atoms with Gasteiger partial charge in [0.2, 0.25) is 5.91 Å². The van der Waals surface area contributed by atoms with E-state index in [1.165, 1.54) is 0 Å². The molecule has 0 aromatic rings. The number of piperidine rings is 1. The van der Waals surface area contributed by atoms with Gasteiger partial charge in [-0.05, 0) is 25.9 Å². The lowest BCUT2D eigenvalue weighted by Crippen LogP contribution is -2.37. The SMILES string of the molecule is COCCN(CCOC)C(=O)CCOC1CCNCC1. The average molecular weight is 288 g/mol. The Morgan fingerprint density at radius 3 is 2.25 bits per heavy atom. The molecule has 0 aliphatic carbocycles. The minimum Gasteiger partial charge on any atom is -0.383 e. The van der Waals surface area contributed by atoms with Gasteiger partial charge in [0.25, 0.3) is 0 Å². The Labute approximate surface area is 121 Å². The fraction of sp³-hybridized carbons (Fsp3) is 0.929. The number of carbonyl (C=O) groups is 1. The van der Waals surface area contributed by atoms with Crippen molar-refractivity contribution in [3.05, 3.63) is 0 Å². The summed E-state index contributed by atoms with van der Waals surface area (Å²) in [6.07, 6.45) is 2.80. The van der Waals surface area contributed by atoms with Crippen molar-refractivity contribution >= 4 is 5.91 Å². The number of rotatable bonds is 10. The number of nitrogens with one attached hydrogen (secondary N) is 1. The summed E-state index contributed by atoms with van der Waals surface area (Å²) in [6, 6.07) is 0. The van der Waals surface area contributed by atoms with Gasteiger partial charge in [0, 0.05) is 27.3 Å². The molecule has 1 aliphatic rings. The number of hydrogen-bond donors (Lipinski definition) is 1. The summed E-state index contributed by atoms with van der Waals surface area (Å²) in [5.74, 6) is 0.105. The van der Waals surface area contributed by atoms with E-state index in [4.69, 9.17) is 14.2 Å². The van der Waals surface area contributed by atoms with Gasteiger partial charge in [-0.15, -0.1) is 0 Å². The highest BCUT2D eigenvalue weighted by Gasteiger charge is 2.16. The maximum Gasteiger partial charge on any atom is 0.225 e. The van der Waals surface area contributed by atoms with Gasteiger partial charge in [-0.2, -0.15) is 0 Å². The molecular weight excluding hydrogens is 260 g/mol. The summed E-state index contributed by atoms with van der Waals surface area (Å²) in [5, 5.41) is 3.30. The van der Waals surface area contributed by atoms with E-state index in [-0.39, 0.29) is 5.91 Å². The average Bonchev–Trinajstić information content (AvgIpc) is 2.48. The maximum atomic E-state index is 12.1. The van der Waals surface area contributed by atoms with Crippen LogP contribution in [0.4, 0.5) is 0 Å². The van der Waals surface area contributed by atoms with E-state index in [0.717, 1.165) is 25.9 Å². The summed E-state index contributed by atoms with van der Waals surface area (Å²) in [7, 11) is 3.28. The maximum absolute atomic E-state index is 12.1. The van der Waals surface area contributed by atoms with Gasteiger partial charge in [-0.25, -0.2) is 0 Å². The molecule has 1 rings (SSSR count). The first kappa shape index (κ1) is 17.4. The minimum atomic E-state index is 0.105. The van der Waals surface area contributed by atoms with Gasteiger partial charge >= 0.3 is 0 Å². The molecule has 0 aromatic carbocycles. The van der Waals surface area contributed by atoms with Gasteiger partial charge < -0.3 is 24.4 Å². The monoisotopic (exact) mass is 288 g/mol. The molecule has 0 unspecified atom stereocenters. The molecule has 1 N–H and O–H groups in total. The van der Waals surface area contributed by atoms with Crippen LogP contribution in [0.25, 0.3) is 0 Å². The van der Waals surface area contributed by atoms with E-state index in [1.54, 1.807) is 19.1 Å². The lowest BCUT2D eigenvalue weighted by molar-refractivity contribution is -0.134. The summed E-state index contributed by atoms with van der Waals surface area (Å²) in [6.45, 7) is 4.81. The summed E-state index contributed by atoms with van der Waals surface area (Å²) >= 11 is 0. The molecule has 1 aliphatic heterocycles. The van der Waals surface area contributed by atoms with Crippen LogP contribution < -0.4 is 5.32 Å². The molecule has 0 spiro atoms. The van der Waals surface area contributed by atoms with Gasteiger partial charge in [0.15, 0.2) is 0 Å². The molecule has 6 nitrogen and oxygen atoms in total. The quantitative estimate of drug-likeness (QED) is 0.625. The normalized spacial score (nSPS) is 16.3. The van der Waals surface area contributed by atoms with Crippen LogP contribution in [0.2, 0.25) is 0 Å². The third-order valence-corrected chi connectivity index (χ3v) is 3.44. The van der Waals surface area contributed by atoms with E-state index >= 15 is 0 Å². The van der Waals surface area contributed by atoms with Gasteiger partial charge in [0.05, 0.1) is 32.3 Å². The second-order valence-corrected chi connectivity index (χ2v) is 4.94. The van der Waals surface area contributed by atoms with Crippen LogP contribution in [-0.4, -0.2) is 77.1 Å². The molecule has 0 saturated carbocycles. The fourth-order valence-electron chi connectivity index (χ4n) is 2.20. The molecule has 1 fully saturated rings. The molecule has 1 saturated heterocycles. The van der Waals surface area contributed by atoms with Crippen molar-refractivity contribution in [3.8, 4) is 0 Å². The third-order valence-electron chi connectivity index (χ3n) is 3.44. The highest BCUT2D eigenvalue weighted by molar-refractivity contribution is 5.76. The number of amides is 1. The predicted molar refractivity (Wildman–Crippen MR) is 76.8 cm³/mol. The molecule has 0 aromatic heterocycles. The smallest absolute Gasteiger partial charge is 0.225 e. The van der Waals surface area contributed by atoms with Crippen LogP contribution in [0, 0.1) is 0 Å². The van der Waals surface area contributed by atoms with Crippen LogP contribution in [0.3, 0.4) is 0 Å². The fourth-order valence-corrected chi connectivity index (χ4v) is 2.20. The van der Waals surface area contributed by atoms with Crippen molar-refractivity contribution in [2.24, 2.45) is 0 Å². The second kappa shape index (κ2) is 11.0. The minimum absolute atomic E-state index is 0.105. The third kappa shape index (κ3) is 7.19. The van der Waals surface area contributed by atoms with Crippen LogP contribution in [0.5, 0.6) is 0 Å². The van der Waals surface area contributed by atoms with Gasteiger partial charge in [0.1, 0.15) is 0 Å². The Kier molecular flexibility index (Phi) is 9.57. The summed E-state index contributed by atoms with van der Waals surface area (Å²) in [5.41, 5.74) is 0. The molecule has 1 heterocycles. The zero-order valence-electron chi connectivity index (χ0n) is 12.7. The molecular formula is C14H28N2O4. The van der Waals surface area contributed by atoms with E-state index in [1.807, 2.05) is 0 Å². The number of ether oxygens (including phenoxy) is 3. The van der Waals surface area contributed by atoms with Crippen molar-refractivity contribution in [2.75, 3.05) is 60.2 Å². The largest absolute Gasteiger partial charge is 0.383 e. The van der Waals surface area contributed by atoms with E-state index in [0.29, 0.717) is 45.4 Å². The molecule has 20 heavy (non-hydrogen) atoms.